The van der Waals surface area contributed by atoms with Gasteiger partial charge in [0.2, 0.25) is 0 Å². The molecule has 0 saturated heterocycles. The van der Waals surface area contributed by atoms with Crippen LogP contribution in [0.1, 0.15) is 15.9 Å². The van der Waals surface area contributed by atoms with Crippen LogP contribution in [-0.4, -0.2) is 29.2 Å². The standard InChI is InChI=1S/C18H15BrN2O4S/c1-25-15-7-6-12(10-14(15)19)17(24)21-18(26)20-13-4-2-3-11(9-13)5-8-16(22)23/h2-10H,1H3,(H,22,23)(H2,20,21,24,26)/b8-5+. The summed E-state index contributed by atoms with van der Waals surface area (Å²) in [4.78, 5) is 22.8. The number of ether oxygens (including phenoxy) is 1. The van der Waals surface area contributed by atoms with Gasteiger partial charge in [0, 0.05) is 17.3 Å². The lowest BCUT2D eigenvalue weighted by molar-refractivity contribution is -0.131. The van der Waals surface area contributed by atoms with E-state index in [9.17, 15) is 9.59 Å². The first-order valence-electron chi connectivity index (χ1n) is 7.36. The molecule has 0 aromatic heterocycles. The Morgan fingerprint density at radius 3 is 2.65 bits per heavy atom. The number of thiocarbonyl (C=S) groups is 1. The number of benzene rings is 2. The number of aliphatic carboxylic acids is 1. The minimum atomic E-state index is -1.03. The first-order valence-corrected chi connectivity index (χ1v) is 8.56. The number of methoxy groups -OCH3 is 1. The van der Waals surface area contributed by atoms with Gasteiger partial charge in [-0.25, -0.2) is 4.79 Å². The summed E-state index contributed by atoms with van der Waals surface area (Å²) >= 11 is 8.48. The van der Waals surface area contributed by atoms with Gasteiger partial charge in [0.05, 0.1) is 11.6 Å². The molecule has 0 aliphatic carbocycles. The molecule has 0 fully saturated rings. The lowest BCUT2D eigenvalue weighted by atomic mass is 10.2. The summed E-state index contributed by atoms with van der Waals surface area (Å²) in [7, 11) is 1.54. The highest BCUT2D eigenvalue weighted by atomic mass is 79.9. The number of anilines is 1. The molecule has 134 valence electrons. The molecule has 2 aromatic carbocycles. The second kappa shape index (κ2) is 9.12. The highest BCUT2D eigenvalue weighted by molar-refractivity contribution is 9.10. The number of rotatable bonds is 5. The summed E-state index contributed by atoms with van der Waals surface area (Å²) in [5, 5.41) is 14.3. The van der Waals surface area contributed by atoms with Gasteiger partial charge in [0.1, 0.15) is 5.75 Å². The summed E-state index contributed by atoms with van der Waals surface area (Å²) < 4.78 is 5.78. The number of amides is 1. The minimum absolute atomic E-state index is 0.126. The summed E-state index contributed by atoms with van der Waals surface area (Å²) in [6.07, 6.45) is 2.50. The van der Waals surface area contributed by atoms with E-state index in [0.29, 0.717) is 27.0 Å². The van der Waals surface area contributed by atoms with E-state index in [0.717, 1.165) is 6.08 Å². The Morgan fingerprint density at radius 1 is 1.23 bits per heavy atom. The molecule has 0 aliphatic heterocycles. The zero-order valence-electron chi connectivity index (χ0n) is 13.7. The topological polar surface area (TPSA) is 87.7 Å². The van der Waals surface area contributed by atoms with Gasteiger partial charge in [-0.3, -0.25) is 10.1 Å². The predicted octanol–water partition coefficient (Wildman–Crippen LogP) is 3.68. The Balaban J connectivity index is 2.02. The molecular formula is C18H15BrN2O4S. The van der Waals surface area contributed by atoms with Crippen molar-refractivity contribution in [2.75, 3.05) is 12.4 Å². The fraction of sp³-hybridized carbons (Fsp3) is 0.0556. The summed E-state index contributed by atoms with van der Waals surface area (Å²) in [6, 6.07) is 11.9. The van der Waals surface area contributed by atoms with Crippen molar-refractivity contribution in [1.82, 2.24) is 5.32 Å². The fourth-order valence-corrected chi connectivity index (χ4v) is 2.78. The summed E-state index contributed by atoms with van der Waals surface area (Å²) in [6.45, 7) is 0. The number of hydrogen-bond donors (Lipinski definition) is 3. The van der Waals surface area contributed by atoms with E-state index in [-0.39, 0.29) is 11.0 Å². The van der Waals surface area contributed by atoms with Crippen molar-refractivity contribution >= 4 is 56.9 Å². The zero-order valence-corrected chi connectivity index (χ0v) is 16.1. The van der Waals surface area contributed by atoms with Crippen LogP contribution < -0.4 is 15.4 Å². The lowest BCUT2D eigenvalue weighted by Crippen LogP contribution is -2.34. The quantitative estimate of drug-likeness (QED) is 0.491. The monoisotopic (exact) mass is 434 g/mol. The molecule has 1 amide bonds. The lowest BCUT2D eigenvalue weighted by Gasteiger charge is -2.11. The molecular weight excluding hydrogens is 420 g/mol. The number of carbonyl (C=O) groups is 2. The molecule has 0 spiro atoms. The highest BCUT2D eigenvalue weighted by Gasteiger charge is 2.10. The van der Waals surface area contributed by atoms with Crippen molar-refractivity contribution in [2.45, 2.75) is 0 Å². The van der Waals surface area contributed by atoms with E-state index in [1.165, 1.54) is 6.08 Å². The maximum atomic E-state index is 12.3. The third-order valence-corrected chi connectivity index (χ3v) is 4.03. The number of carboxylic acid groups (broad SMARTS) is 1. The highest BCUT2D eigenvalue weighted by Crippen LogP contribution is 2.25. The van der Waals surface area contributed by atoms with Crippen LogP contribution in [0.3, 0.4) is 0 Å². The van der Waals surface area contributed by atoms with Crippen LogP contribution in [0, 0.1) is 0 Å². The molecule has 0 radical (unpaired) electrons. The maximum absolute atomic E-state index is 12.3. The maximum Gasteiger partial charge on any atom is 0.328 e. The molecule has 0 unspecified atom stereocenters. The number of carbonyl (C=O) groups excluding carboxylic acids is 1. The average Bonchev–Trinajstić information content (AvgIpc) is 2.60. The SMILES string of the molecule is COc1ccc(C(=O)NC(=S)Nc2cccc(/C=C/C(=O)O)c2)cc1Br. The summed E-state index contributed by atoms with van der Waals surface area (Å²) in [5.74, 6) is -0.780. The largest absolute Gasteiger partial charge is 0.496 e. The third kappa shape index (κ3) is 5.68. The molecule has 2 aromatic rings. The molecule has 0 saturated carbocycles. The number of carboxylic acids is 1. The molecule has 2 rings (SSSR count). The van der Waals surface area contributed by atoms with Crippen molar-refractivity contribution in [3.63, 3.8) is 0 Å². The number of hydrogen-bond acceptors (Lipinski definition) is 4. The third-order valence-electron chi connectivity index (χ3n) is 3.20. The van der Waals surface area contributed by atoms with Crippen LogP contribution >= 0.6 is 28.1 Å². The van der Waals surface area contributed by atoms with Crippen LogP contribution in [0.2, 0.25) is 0 Å². The molecule has 0 aliphatic rings. The average molecular weight is 435 g/mol. The first-order chi connectivity index (χ1) is 12.4. The van der Waals surface area contributed by atoms with Crippen LogP contribution in [0.4, 0.5) is 5.69 Å². The molecule has 3 N–H and O–H groups in total. The molecule has 0 bridgehead atoms. The van der Waals surface area contributed by atoms with Crippen LogP contribution in [0.15, 0.2) is 53.0 Å². The van der Waals surface area contributed by atoms with Crippen molar-refractivity contribution in [1.29, 1.82) is 0 Å². The van der Waals surface area contributed by atoms with Crippen LogP contribution in [-0.2, 0) is 4.79 Å². The normalized spacial score (nSPS) is 10.4. The van der Waals surface area contributed by atoms with Gasteiger partial charge < -0.3 is 15.2 Å². The van der Waals surface area contributed by atoms with E-state index in [2.05, 4.69) is 26.6 Å². The molecule has 0 atom stereocenters. The van der Waals surface area contributed by atoms with Crippen molar-refractivity contribution < 1.29 is 19.4 Å². The second-order valence-electron chi connectivity index (χ2n) is 5.05. The van der Waals surface area contributed by atoms with E-state index in [1.54, 1.807) is 49.6 Å². The molecule has 6 nitrogen and oxygen atoms in total. The van der Waals surface area contributed by atoms with E-state index in [4.69, 9.17) is 22.1 Å². The predicted molar refractivity (Wildman–Crippen MR) is 107 cm³/mol. The Kier molecular flexibility index (Phi) is 6.88. The van der Waals surface area contributed by atoms with Gasteiger partial charge in [0.15, 0.2) is 5.11 Å². The Labute approximate surface area is 164 Å². The molecule has 0 heterocycles. The Bertz CT molecular complexity index is 883. The van der Waals surface area contributed by atoms with E-state index in [1.807, 2.05) is 0 Å². The second-order valence-corrected chi connectivity index (χ2v) is 6.32. The number of halogens is 1. The smallest absolute Gasteiger partial charge is 0.328 e. The van der Waals surface area contributed by atoms with Gasteiger partial charge in [-0.1, -0.05) is 12.1 Å². The van der Waals surface area contributed by atoms with Crippen molar-refractivity contribution in [2.24, 2.45) is 0 Å². The zero-order chi connectivity index (χ0) is 19.1. The van der Waals surface area contributed by atoms with Crippen LogP contribution in [0.25, 0.3) is 6.08 Å². The van der Waals surface area contributed by atoms with Crippen molar-refractivity contribution in [3.8, 4) is 5.75 Å². The van der Waals surface area contributed by atoms with Gasteiger partial charge >= 0.3 is 5.97 Å². The van der Waals surface area contributed by atoms with Gasteiger partial charge in [-0.2, -0.15) is 0 Å². The van der Waals surface area contributed by atoms with E-state index < -0.39 is 5.97 Å². The fourth-order valence-electron chi connectivity index (χ4n) is 2.03. The van der Waals surface area contributed by atoms with Gasteiger partial charge in [-0.15, -0.1) is 0 Å². The van der Waals surface area contributed by atoms with Crippen LogP contribution in [0.5, 0.6) is 5.75 Å². The van der Waals surface area contributed by atoms with Gasteiger partial charge in [0.25, 0.3) is 5.91 Å². The van der Waals surface area contributed by atoms with E-state index >= 15 is 0 Å². The van der Waals surface area contributed by atoms with Gasteiger partial charge in [-0.05, 0) is 70.1 Å². The minimum Gasteiger partial charge on any atom is -0.496 e. The first kappa shape index (κ1) is 19.6. The summed E-state index contributed by atoms with van der Waals surface area (Å²) in [5.41, 5.74) is 1.73. The Morgan fingerprint density at radius 2 is 2.00 bits per heavy atom. The number of nitrogens with one attached hydrogen (secondary N) is 2. The molecule has 26 heavy (non-hydrogen) atoms. The van der Waals surface area contributed by atoms with Crippen molar-refractivity contribution in [3.05, 3.63) is 64.1 Å². The molecule has 8 heteroatoms. The Hall–Kier alpha value is -2.71.